The fourth-order valence-electron chi connectivity index (χ4n) is 3.83. The molecule has 1 aliphatic carbocycles. The molecule has 3 nitrogen and oxygen atoms in total. The molecule has 0 aromatic rings. The van der Waals surface area contributed by atoms with Gasteiger partial charge < -0.3 is 4.74 Å². The fourth-order valence-corrected chi connectivity index (χ4v) is 3.83. The summed E-state index contributed by atoms with van der Waals surface area (Å²) in [6, 6.07) is 0. The molecule has 0 aromatic carbocycles. The molecule has 0 spiro atoms. The first kappa shape index (κ1) is 18.2. The van der Waals surface area contributed by atoms with E-state index in [1.54, 1.807) is 0 Å². The van der Waals surface area contributed by atoms with E-state index in [1.807, 2.05) is 0 Å². The standard InChI is InChI=1S/C20H32O3/c1-7-19(3,4)11-13-9-14(12-20(5,6)8-2)16-15(10-13)17(21)23-18(16)22/h9,14-16H,7-8,10-12H2,1-6H3. The second-order valence-corrected chi connectivity index (χ2v) is 8.98. The van der Waals surface area contributed by atoms with Crippen LogP contribution in [0.4, 0.5) is 0 Å². The molecule has 23 heavy (non-hydrogen) atoms. The third-order valence-corrected chi connectivity index (χ3v) is 6.01. The van der Waals surface area contributed by atoms with Crippen LogP contribution < -0.4 is 0 Å². The number of carbonyl (C=O) groups excluding carboxylic acids is 2. The summed E-state index contributed by atoms with van der Waals surface area (Å²) >= 11 is 0. The largest absolute Gasteiger partial charge is 0.393 e. The normalized spacial score (nSPS) is 28.4. The number of rotatable bonds is 6. The summed E-state index contributed by atoms with van der Waals surface area (Å²) in [5, 5.41) is 0. The van der Waals surface area contributed by atoms with Gasteiger partial charge in [0.2, 0.25) is 0 Å². The van der Waals surface area contributed by atoms with Crippen molar-refractivity contribution in [1.82, 2.24) is 0 Å². The maximum absolute atomic E-state index is 12.2. The topological polar surface area (TPSA) is 43.4 Å². The van der Waals surface area contributed by atoms with E-state index < -0.39 is 0 Å². The van der Waals surface area contributed by atoms with Crippen LogP contribution in [0, 0.1) is 28.6 Å². The summed E-state index contributed by atoms with van der Waals surface area (Å²) in [6.45, 7) is 13.4. The van der Waals surface area contributed by atoms with Gasteiger partial charge in [-0.1, -0.05) is 66.0 Å². The van der Waals surface area contributed by atoms with Crippen LogP contribution in [0.2, 0.25) is 0 Å². The number of hydrogen-bond donors (Lipinski definition) is 0. The lowest BCUT2D eigenvalue weighted by Gasteiger charge is -2.36. The minimum absolute atomic E-state index is 0.130. The van der Waals surface area contributed by atoms with Crippen molar-refractivity contribution in [3.8, 4) is 0 Å². The predicted octanol–water partition coefficient (Wildman–Crippen LogP) is 4.90. The minimum atomic E-state index is -0.306. The summed E-state index contributed by atoms with van der Waals surface area (Å²) in [5.74, 6) is -0.999. The first-order valence-corrected chi connectivity index (χ1v) is 9.03. The van der Waals surface area contributed by atoms with Crippen LogP contribution in [0.25, 0.3) is 0 Å². The minimum Gasteiger partial charge on any atom is -0.393 e. The molecular weight excluding hydrogens is 288 g/mol. The molecule has 1 saturated heterocycles. The van der Waals surface area contributed by atoms with Gasteiger partial charge in [-0.3, -0.25) is 9.59 Å². The quantitative estimate of drug-likeness (QED) is 0.397. The second kappa shape index (κ2) is 6.41. The van der Waals surface area contributed by atoms with Crippen LogP contribution in [-0.2, 0) is 14.3 Å². The monoisotopic (exact) mass is 320 g/mol. The molecule has 1 heterocycles. The van der Waals surface area contributed by atoms with Gasteiger partial charge in [-0.05, 0) is 36.0 Å². The molecule has 1 fully saturated rings. The predicted molar refractivity (Wildman–Crippen MR) is 91.6 cm³/mol. The van der Waals surface area contributed by atoms with Crippen LogP contribution in [-0.4, -0.2) is 11.9 Å². The smallest absolute Gasteiger partial charge is 0.318 e. The Bertz CT molecular complexity index is 513. The highest BCUT2D eigenvalue weighted by Gasteiger charge is 2.50. The Hall–Kier alpha value is -1.12. The van der Waals surface area contributed by atoms with Gasteiger partial charge in [0.1, 0.15) is 0 Å². The van der Waals surface area contributed by atoms with E-state index >= 15 is 0 Å². The van der Waals surface area contributed by atoms with Gasteiger partial charge in [-0.2, -0.15) is 0 Å². The number of esters is 2. The van der Waals surface area contributed by atoms with E-state index in [2.05, 4.69) is 47.6 Å². The van der Waals surface area contributed by atoms with Gasteiger partial charge in [0.25, 0.3) is 0 Å². The number of fused-ring (bicyclic) bond motifs is 1. The summed E-state index contributed by atoms with van der Waals surface area (Å²) < 4.78 is 4.98. The van der Waals surface area contributed by atoms with E-state index in [-0.39, 0.29) is 40.5 Å². The molecule has 0 radical (unpaired) electrons. The van der Waals surface area contributed by atoms with Crippen molar-refractivity contribution in [2.45, 2.75) is 73.6 Å². The molecule has 0 bridgehead atoms. The molecule has 3 atom stereocenters. The zero-order valence-corrected chi connectivity index (χ0v) is 15.6. The molecule has 0 amide bonds. The van der Waals surface area contributed by atoms with E-state index in [0.29, 0.717) is 6.42 Å². The van der Waals surface area contributed by atoms with Crippen LogP contribution in [0.5, 0.6) is 0 Å². The van der Waals surface area contributed by atoms with Gasteiger partial charge in [-0.25, -0.2) is 0 Å². The number of allylic oxidation sites excluding steroid dienone is 2. The van der Waals surface area contributed by atoms with Crippen molar-refractivity contribution in [2.75, 3.05) is 0 Å². The first-order valence-electron chi connectivity index (χ1n) is 9.03. The third-order valence-electron chi connectivity index (χ3n) is 6.01. The Morgan fingerprint density at radius 2 is 1.65 bits per heavy atom. The zero-order chi connectivity index (χ0) is 17.4. The molecular formula is C20H32O3. The SMILES string of the molecule is CCC(C)(C)CC1=CC(CC(C)(C)CC)C2C(=O)OC(=O)C2C1. The van der Waals surface area contributed by atoms with Gasteiger partial charge in [0.15, 0.2) is 0 Å². The Morgan fingerprint density at radius 3 is 2.22 bits per heavy atom. The van der Waals surface area contributed by atoms with E-state index in [0.717, 1.165) is 25.7 Å². The first-order chi connectivity index (χ1) is 10.6. The number of hydrogen-bond acceptors (Lipinski definition) is 3. The summed E-state index contributed by atoms with van der Waals surface area (Å²) in [5.41, 5.74) is 1.73. The highest BCUT2D eigenvalue weighted by atomic mass is 16.6. The number of cyclic esters (lactones) is 2. The lowest BCUT2D eigenvalue weighted by molar-refractivity contribution is -0.154. The Morgan fingerprint density at radius 1 is 1.04 bits per heavy atom. The van der Waals surface area contributed by atoms with Gasteiger partial charge >= 0.3 is 11.9 Å². The Labute approximate surface area is 140 Å². The van der Waals surface area contributed by atoms with E-state index in [9.17, 15) is 9.59 Å². The van der Waals surface area contributed by atoms with Gasteiger partial charge in [0, 0.05) is 0 Å². The molecule has 3 heteroatoms. The van der Waals surface area contributed by atoms with Crippen LogP contribution >= 0.6 is 0 Å². The van der Waals surface area contributed by atoms with Crippen LogP contribution in [0.3, 0.4) is 0 Å². The van der Waals surface area contributed by atoms with Crippen LogP contribution in [0.1, 0.15) is 73.6 Å². The van der Waals surface area contributed by atoms with Crippen molar-refractivity contribution >= 4 is 11.9 Å². The average molecular weight is 320 g/mol. The molecule has 1 aliphatic heterocycles. The van der Waals surface area contributed by atoms with Gasteiger partial charge in [-0.15, -0.1) is 0 Å². The maximum atomic E-state index is 12.2. The average Bonchev–Trinajstić information content (AvgIpc) is 2.73. The lowest BCUT2D eigenvalue weighted by Crippen LogP contribution is -2.33. The zero-order valence-electron chi connectivity index (χ0n) is 15.6. The van der Waals surface area contributed by atoms with E-state index in [4.69, 9.17) is 4.74 Å². The van der Waals surface area contributed by atoms with E-state index in [1.165, 1.54) is 5.57 Å². The van der Waals surface area contributed by atoms with Gasteiger partial charge in [0.05, 0.1) is 11.8 Å². The molecule has 3 unspecified atom stereocenters. The van der Waals surface area contributed by atoms with Crippen molar-refractivity contribution in [2.24, 2.45) is 28.6 Å². The fraction of sp³-hybridized carbons (Fsp3) is 0.800. The third kappa shape index (κ3) is 4.05. The van der Waals surface area contributed by atoms with Crippen molar-refractivity contribution in [3.63, 3.8) is 0 Å². The molecule has 2 aliphatic rings. The number of ether oxygens (including phenoxy) is 1. The second-order valence-electron chi connectivity index (χ2n) is 8.98. The van der Waals surface area contributed by atoms with Crippen molar-refractivity contribution in [3.05, 3.63) is 11.6 Å². The Kier molecular flexibility index (Phi) is 5.08. The summed E-state index contributed by atoms with van der Waals surface area (Å²) in [7, 11) is 0. The maximum Gasteiger partial charge on any atom is 0.318 e. The molecule has 0 aromatic heterocycles. The highest BCUT2D eigenvalue weighted by Crippen LogP contribution is 2.47. The molecule has 130 valence electrons. The summed E-state index contributed by atoms with van der Waals surface area (Å²) in [4.78, 5) is 24.3. The van der Waals surface area contributed by atoms with Crippen molar-refractivity contribution < 1.29 is 14.3 Å². The Balaban J connectivity index is 2.29. The number of carbonyl (C=O) groups is 2. The molecule has 2 rings (SSSR count). The molecule has 0 N–H and O–H groups in total. The van der Waals surface area contributed by atoms with Crippen molar-refractivity contribution in [1.29, 1.82) is 0 Å². The summed E-state index contributed by atoms with van der Waals surface area (Å²) in [6.07, 6.45) is 7.10. The highest BCUT2D eigenvalue weighted by molar-refractivity contribution is 5.97. The lowest BCUT2D eigenvalue weighted by atomic mass is 9.66. The van der Waals surface area contributed by atoms with Crippen LogP contribution in [0.15, 0.2) is 11.6 Å². The molecule has 0 saturated carbocycles.